The van der Waals surface area contributed by atoms with E-state index in [1.807, 2.05) is 45.8 Å². The zero-order chi connectivity index (χ0) is 13.3. The minimum absolute atomic E-state index is 0.243. The molecule has 2 rings (SSSR count). The Bertz CT molecular complexity index is 420. The van der Waals surface area contributed by atoms with Crippen LogP contribution in [-0.2, 0) is 0 Å². The molecular weight excluding hydrogens is 228 g/mol. The van der Waals surface area contributed by atoms with E-state index >= 15 is 0 Å². The fourth-order valence-electron chi connectivity index (χ4n) is 1.52. The number of hydrogen-bond donors (Lipinski definition) is 0. The second-order valence-electron chi connectivity index (χ2n) is 5.92. The predicted molar refractivity (Wildman–Crippen MR) is 72.6 cm³/mol. The van der Waals surface area contributed by atoms with Gasteiger partial charge in [-0.1, -0.05) is 0 Å². The molecule has 1 aromatic rings. The van der Waals surface area contributed by atoms with Crippen LogP contribution in [0.5, 0.6) is 11.5 Å². The Labute approximate surface area is 109 Å². The Balaban J connectivity index is 2.26. The number of nitrogens with zero attached hydrogens (tertiary/aromatic N) is 2. The van der Waals surface area contributed by atoms with Crippen LogP contribution >= 0.6 is 0 Å². The molecule has 1 fully saturated rings. The highest BCUT2D eigenvalue weighted by Gasteiger charge is 2.26. The summed E-state index contributed by atoms with van der Waals surface area (Å²) in [6.45, 7) is 6.09. The van der Waals surface area contributed by atoms with Crippen molar-refractivity contribution in [2.75, 3.05) is 19.0 Å². The maximum absolute atomic E-state index is 5.96. The number of anilines is 1. The third-order valence-corrected chi connectivity index (χ3v) is 2.51. The monoisotopic (exact) mass is 250 g/mol. The molecule has 0 bridgehead atoms. The maximum atomic E-state index is 5.96. The Morgan fingerprint density at radius 1 is 1.22 bits per heavy atom. The molecule has 18 heavy (non-hydrogen) atoms. The Kier molecular flexibility index (Phi) is 3.37. The van der Waals surface area contributed by atoms with Crippen molar-refractivity contribution in [2.45, 2.75) is 45.3 Å². The molecule has 4 nitrogen and oxygen atoms in total. The number of aromatic nitrogens is 1. The van der Waals surface area contributed by atoms with Crippen LogP contribution in [0.2, 0.25) is 0 Å². The van der Waals surface area contributed by atoms with E-state index in [1.54, 1.807) is 6.20 Å². The van der Waals surface area contributed by atoms with Crippen LogP contribution in [0, 0.1) is 0 Å². The van der Waals surface area contributed by atoms with Crippen molar-refractivity contribution in [1.82, 2.24) is 4.98 Å². The van der Waals surface area contributed by atoms with Gasteiger partial charge in [0.05, 0.1) is 12.3 Å². The summed E-state index contributed by atoms with van der Waals surface area (Å²) in [5, 5.41) is 0. The average molecular weight is 250 g/mol. The lowest BCUT2D eigenvalue weighted by atomic mass is 10.2. The smallest absolute Gasteiger partial charge is 0.180 e. The van der Waals surface area contributed by atoms with E-state index in [-0.39, 0.29) is 5.60 Å². The van der Waals surface area contributed by atoms with Gasteiger partial charge in [-0.05, 0) is 33.6 Å². The zero-order valence-corrected chi connectivity index (χ0v) is 11.9. The van der Waals surface area contributed by atoms with Crippen molar-refractivity contribution in [2.24, 2.45) is 0 Å². The topological polar surface area (TPSA) is 34.6 Å². The second kappa shape index (κ2) is 4.67. The first kappa shape index (κ1) is 13.0. The summed E-state index contributed by atoms with van der Waals surface area (Å²) < 4.78 is 11.8. The highest BCUT2D eigenvalue weighted by Crippen LogP contribution is 2.36. The van der Waals surface area contributed by atoms with E-state index in [0.29, 0.717) is 6.10 Å². The molecule has 0 radical (unpaired) electrons. The summed E-state index contributed by atoms with van der Waals surface area (Å²) >= 11 is 0. The van der Waals surface area contributed by atoms with Gasteiger partial charge in [-0.15, -0.1) is 0 Å². The summed E-state index contributed by atoms with van der Waals surface area (Å²) in [6, 6.07) is 1.93. The molecular formula is C14H22N2O2. The Hall–Kier alpha value is -1.45. The van der Waals surface area contributed by atoms with Gasteiger partial charge in [-0.25, -0.2) is 4.98 Å². The molecule has 1 aliphatic carbocycles. The van der Waals surface area contributed by atoms with Crippen molar-refractivity contribution in [3.63, 3.8) is 0 Å². The summed E-state index contributed by atoms with van der Waals surface area (Å²) in [4.78, 5) is 6.33. The van der Waals surface area contributed by atoms with E-state index in [1.165, 1.54) is 0 Å². The Morgan fingerprint density at radius 2 is 1.89 bits per heavy atom. The van der Waals surface area contributed by atoms with Crippen molar-refractivity contribution >= 4 is 5.82 Å². The zero-order valence-electron chi connectivity index (χ0n) is 11.9. The lowest BCUT2D eigenvalue weighted by Crippen LogP contribution is -2.24. The van der Waals surface area contributed by atoms with Crippen LogP contribution in [0.3, 0.4) is 0 Å². The van der Waals surface area contributed by atoms with Gasteiger partial charge in [0.25, 0.3) is 0 Å². The number of hydrogen-bond acceptors (Lipinski definition) is 4. The van der Waals surface area contributed by atoms with Gasteiger partial charge in [-0.3, -0.25) is 0 Å². The third kappa shape index (κ3) is 3.52. The second-order valence-corrected chi connectivity index (χ2v) is 5.92. The molecule has 1 heterocycles. The molecule has 4 heteroatoms. The molecule has 0 atom stereocenters. The number of ether oxygens (including phenoxy) is 2. The van der Waals surface area contributed by atoms with Gasteiger partial charge >= 0.3 is 0 Å². The van der Waals surface area contributed by atoms with E-state index < -0.39 is 0 Å². The standard InChI is InChI=1S/C14H22N2O2/c1-14(2,3)18-11-8-13(16(4)5)15-9-12(11)17-10-6-7-10/h8-10H,6-7H2,1-5H3. The number of pyridine rings is 1. The largest absolute Gasteiger partial charge is 0.485 e. The lowest BCUT2D eigenvalue weighted by molar-refractivity contribution is 0.122. The number of rotatable bonds is 4. The first-order valence-corrected chi connectivity index (χ1v) is 6.38. The molecule has 0 amide bonds. The quantitative estimate of drug-likeness (QED) is 0.823. The predicted octanol–water partition coefficient (Wildman–Crippen LogP) is 2.87. The van der Waals surface area contributed by atoms with Crippen molar-refractivity contribution in [3.05, 3.63) is 12.3 Å². The lowest BCUT2D eigenvalue weighted by Gasteiger charge is -2.24. The van der Waals surface area contributed by atoms with E-state index in [9.17, 15) is 0 Å². The molecule has 100 valence electrons. The van der Waals surface area contributed by atoms with E-state index in [0.717, 1.165) is 30.2 Å². The first-order chi connectivity index (χ1) is 8.35. The Morgan fingerprint density at radius 3 is 2.39 bits per heavy atom. The van der Waals surface area contributed by atoms with Gasteiger partial charge in [0.2, 0.25) is 0 Å². The molecule has 0 N–H and O–H groups in total. The summed E-state index contributed by atoms with van der Waals surface area (Å²) in [5.41, 5.74) is -0.243. The van der Waals surface area contributed by atoms with Crippen LogP contribution in [0.1, 0.15) is 33.6 Å². The summed E-state index contributed by atoms with van der Waals surface area (Å²) in [7, 11) is 3.93. The van der Waals surface area contributed by atoms with Crippen LogP contribution in [-0.4, -0.2) is 30.8 Å². The van der Waals surface area contributed by atoms with Crippen molar-refractivity contribution < 1.29 is 9.47 Å². The molecule has 0 aromatic carbocycles. The molecule has 0 spiro atoms. The SMILES string of the molecule is CN(C)c1cc(OC(C)(C)C)c(OC2CC2)cn1. The van der Waals surface area contributed by atoms with Gasteiger partial charge in [0.1, 0.15) is 11.4 Å². The first-order valence-electron chi connectivity index (χ1n) is 6.38. The van der Waals surface area contributed by atoms with Gasteiger partial charge in [0.15, 0.2) is 11.5 Å². The molecule has 0 saturated heterocycles. The maximum Gasteiger partial charge on any atom is 0.180 e. The fourth-order valence-corrected chi connectivity index (χ4v) is 1.52. The van der Waals surface area contributed by atoms with E-state index in [2.05, 4.69) is 4.98 Å². The molecule has 0 unspecified atom stereocenters. The third-order valence-electron chi connectivity index (χ3n) is 2.51. The molecule has 1 aliphatic rings. The van der Waals surface area contributed by atoms with Crippen LogP contribution in [0.4, 0.5) is 5.82 Å². The van der Waals surface area contributed by atoms with Gasteiger partial charge in [-0.2, -0.15) is 0 Å². The highest BCUT2D eigenvalue weighted by atomic mass is 16.5. The minimum Gasteiger partial charge on any atom is -0.485 e. The van der Waals surface area contributed by atoms with Crippen molar-refractivity contribution in [3.8, 4) is 11.5 Å². The molecule has 0 aliphatic heterocycles. The van der Waals surface area contributed by atoms with Crippen molar-refractivity contribution in [1.29, 1.82) is 0 Å². The average Bonchev–Trinajstić information content (AvgIpc) is 3.02. The fraction of sp³-hybridized carbons (Fsp3) is 0.643. The molecule has 1 saturated carbocycles. The van der Waals surface area contributed by atoms with Gasteiger partial charge < -0.3 is 14.4 Å². The van der Waals surface area contributed by atoms with Crippen LogP contribution in [0.15, 0.2) is 12.3 Å². The minimum atomic E-state index is -0.243. The summed E-state index contributed by atoms with van der Waals surface area (Å²) in [5.74, 6) is 2.39. The van der Waals surface area contributed by atoms with Gasteiger partial charge in [0, 0.05) is 20.2 Å². The normalized spacial score (nSPS) is 15.4. The molecule has 1 aromatic heterocycles. The highest BCUT2D eigenvalue weighted by molar-refractivity contribution is 5.49. The van der Waals surface area contributed by atoms with E-state index in [4.69, 9.17) is 9.47 Å². The summed E-state index contributed by atoms with van der Waals surface area (Å²) in [6.07, 6.45) is 4.36. The van der Waals surface area contributed by atoms with Crippen LogP contribution in [0.25, 0.3) is 0 Å². The van der Waals surface area contributed by atoms with Crippen LogP contribution < -0.4 is 14.4 Å².